The second-order valence-electron chi connectivity index (χ2n) is 9.61. The van der Waals surface area contributed by atoms with Gasteiger partial charge in [0.15, 0.2) is 0 Å². The Bertz CT molecular complexity index is 1020. The molecule has 2 aliphatic rings. The fraction of sp³-hybridized carbons (Fsp3) is 0.577. The summed E-state index contributed by atoms with van der Waals surface area (Å²) in [5.74, 6) is 1.80. The van der Waals surface area contributed by atoms with E-state index in [9.17, 15) is 5.11 Å². The summed E-state index contributed by atoms with van der Waals surface area (Å²) in [4.78, 5) is 11.1. The highest BCUT2D eigenvalue weighted by molar-refractivity contribution is 5.84. The molecule has 0 radical (unpaired) electrons. The molecule has 35 heavy (non-hydrogen) atoms. The van der Waals surface area contributed by atoms with E-state index >= 15 is 0 Å². The molecule has 1 saturated heterocycles. The normalized spacial score (nSPS) is 22.2. The molecule has 2 fully saturated rings. The van der Waals surface area contributed by atoms with Crippen molar-refractivity contribution in [3.05, 3.63) is 35.8 Å². The highest BCUT2D eigenvalue weighted by Gasteiger charge is 2.26. The third-order valence-electron chi connectivity index (χ3n) is 6.99. The lowest BCUT2D eigenvalue weighted by Gasteiger charge is -2.28. The quantitative estimate of drug-likeness (QED) is 0.415. The Morgan fingerprint density at radius 3 is 2.71 bits per heavy atom. The van der Waals surface area contributed by atoms with E-state index in [1.807, 2.05) is 17.8 Å². The minimum absolute atomic E-state index is 0.0506. The van der Waals surface area contributed by atoms with Gasteiger partial charge in [0.05, 0.1) is 12.7 Å². The highest BCUT2D eigenvalue weighted by atomic mass is 16.5. The van der Waals surface area contributed by atoms with E-state index in [0.29, 0.717) is 18.5 Å². The van der Waals surface area contributed by atoms with Crippen LogP contribution in [0.25, 0.3) is 11.1 Å². The second kappa shape index (κ2) is 11.8. The molecule has 1 saturated carbocycles. The first kappa shape index (κ1) is 25.3. The molecule has 0 bridgehead atoms. The molecule has 1 aliphatic carbocycles. The average Bonchev–Trinajstić information content (AvgIpc) is 3.20. The number of nitrogens with one attached hydrogen (secondary N) is 2. The van der Waals surface area contributed by atoms with Crippen LogP contribution >= 0.6 is 0 Å². The van der Waals surface area contributed by atoms with Crippen LogP contribution < -0.4 is 15.5 Å². The van der Waals surface area contributed by atoms with Crippen LogP contribution in [0.4, 0.5) is 5.82 Å². The SMILES string of the molecule is C=N/C(=N\n1c(C)c(-c2ccnc(N3CCNCC3)c2)cc1[C@H]1CC[C@H](O)CC1)N[C@@H](C)COC. The summed E-state index contributed by atoms with van der Waals surface area (Å²) in [6, 6.07) is 6.57. The fourth-order valence-electron chi connectivity index (χ4n) is 5.07. The van der Waals surface area contributed by atoms with Crippen LogP contribution in [0, 0.1) is 6.92 Å². The van der Waals surface area contributed by atoms with Crippen LogP contribution in [0.1, 0.15) is 49.9 Å². The number of rotatable bonds is 7. The van der Waals surface area contributed by atoms with Gasteiger partial charge in [-0.15, -0.1) is 5.10 Å². The molecular weight excluding hydrogens is 442 g/mol. The molecule has 0 spiro atoms. The van der Waals surface area contributed by atoms with Crippen molar-refractivity contribution in [3.63, 3.8) is 0 Å². The highest BCUT2D eigenvalue weighted by Crippen LogP contribution is 2.38. The van der Waals surface area contributed by atoms with Crippen LogP contribution in [-0.2, 0) is 4.74 Å². The smallest absolute Gasteiger partial charge is 0.240 e. The number of hydrogen-bond acceptors (Lipinski definition) is 6. The number of nitrogens with zero attached hydrogens (tertiary/aromatic N) is 5. The molecule has 4 rings (SSSR count). The van der Waals surface area contributed by atoms with E-state index in [1.165, 1.54) is 0 Å². The Hall–Kier alpha value is -2.75. The largest absolute Gasteiger partial charge is 0.393 e. The maximum absolute atomic E-state index is 10.1. The number of aliphatic imine (C=N–C) groups is 1. The molecule has 1 aliphatic heterocycles. The summed E-state index contributed by atoms with van der Waals surface area (Å²) in [5.41, 5.74) is 4.46. The van der Waals surface area contributed by atoms with Gasteiger partial charge in [-0.25, -0.2) is 14.7 Å². The summed E-state index contributed by atoms with van der Waals surface area (Å²) in [5, 5.41) is 21.7. The predicted octanol–water partition coefficient (Wildman–Crippen LogP) is 2.73. The number of hydrogen-bond donors (Lipinski definition) is 3. The number of pyridine rings is 1. The van der Waals surface area contributed by atoms with Crippen molar-refractivity contribution in [2.24, 2.45) is 10.1 Å². The summed E-state index contributed by atoms with van der Waals surface area (Å²) < 4.78 is 7.26. The number of aliphatic hydroxyl groups excluding tert-OH is 1. The minimum Gasteiger partial charge on any atom is -0.393 e. The Kier molecular flexibility index (Phi) is 8.54. The number of aliphatic hydroxyl groups is 1. The number of guanidine groups is 1. The van der Waals surface area contributed by atoms with E-state index in [0.717, 1.165) is 80.2 Å². The molecule has 3 heterocycles. The zero-order chi connectivity index (χ0) is 24.8. The van der Waals surface area contributed by atoms with Crippen molar-refractivity contribution < 1.29 is 9.84 Å². The molecule has 0 unspecified atom stereocenters. The summed E-state index contributed by atoms with van der Waals surface area (Å²) in [6.45, 7) is 12.3. The molecule has 1 atom stereocenters. The van der Waals surface area contributed by atoms with Gasteiger partial charge in [0.1, 0.15) is 5.82 Å². The predicted molar refractivity (Wildman–Crippen MR) is 142 cm³/mol. The van der Waals surface area contributed by atoms with Crippen molar-refractivity contribution in [3.8, 4) is 11.1 Å². The Balaban J connectivity index is 1.72. The van der Waals surface area contributed by atoms with Gasteiger partial charge >= 0.3 is 0 Å². The Morgan fingerprint density at radius 2 is 2.03 bits per heavy atom. The molecule has 190 valence electrons. The average molecular weight is 482 g/mol. The van der Waals surface area contributed by atoms with Gasteiger partial charge in [-0.3, -0.25) is 0 Å². The lowest BCUT2D eigenvalue weighted by Crippen LogP contribution is -2.43. The van der Waals surface area contributed by atoms with Crippen molar-refractivity contribution in [1.82, 2.24) is 20.3 Å². The molecule has 9 nitrogen and oxygen atoms in total. The third-order valence-corrected chi connectivity index (χ3v) is 6.99. The first-order valence-corrected chi connectivity index (χ1v) is 12.6. The van der Waals surface area contributed by atoms with Gasteiger partial charge in [-0.1, -0.05) is 0 Å². The van der Waals surface area contributed by atoms with Crippen molar-refractivity contribution in [1.29, 1.82) is 0 Å². The van der Waals surface area contributed by atoms with Crippen LogP contribution in [0.2, 0.25) is 0 Å². The van der Waals surface area contributed by atoms with E-state index in [4.69, 9.17) is 9.84 Å². The molecular formula is C26H39N7O2. The van der Waals surface area contributed by atoms with Crippen LogP contribution in [0.15, 0.2) is 34.5 Å². The Labute approximate surface area is 208 Å². The Morgan fingerprint density at radius 1 is 1.29 bits per heavy atom. The van der Waals surface area contributed by atoms with Crippen molar-refractivity contribution >= 4 is 18.5 Å². The zero-order valence-corrected chi connectivity index (χ0v) is 21.2. The molecule has 3 N–H and O–H groups in total. The summed E-state index contributed by atoms with van der Waals surface area (Å²) >= 11 is 0. The first-order chi connectivity index (χ1) is 17.0. The summed E-state index contributed by atoms with van der Waals surface area (Å²) in [7, 11) is 1.68. The van der Waals surface area contributed by atoms with Gasteiger partial charge in [-0.05, 0) is 70.0 Å². The molecule has 0 aromatic carbocycles. The lowest BCUT2D eigenvalue weighted by atomic mass is 9.85. The molecule has 0 amide bonds. The van der Waals surface area contributed by atoms with E-state index in [2.05, 4.69) is 57.4 Å². The molecule has 2 aromatic rings. The second-order valence-corrected chi connectivity index (χ2v) is 9.61. The minimum atomic E-state index is -0.206. The van der Waals surface area contributed by atoms with Gasteiger partial charge in [-0.2, -0.15) is 0 Å². The fourth-order valence-corrected chi connectivity index (χ4v) is 5.07. The van der Waals surface area contributed by atoms with Gasteiger partial charge in [0.25, 0.3) is 0 Å². The number of ether oxygens (including phenoxy) is 1. The first-order valence-electron chi connectivity index (χ1n) is 12.6. The van der Waals surface area contributed by atoms with Crippen molar-refractivity contribution in [2.45, 2.75) is 57.6 Å². The van der Waals surface area contributed by atoms with Gasteiger partial charge in [0, 0.05) is 68.4 Å². The standard InChI is InChI=1S/C26H39N7O2/c1-18(17-35-4)30-26(27-3)31-33-19(2)23(16-24(33)20-5-7-22(34)8-6-20)21-9-10-29-25(15-21)32-13-11-28-12-14-32/h9-10,15-16,18,20,22,28,34H,3,5-8,11-14,17H2,1-2,4H3,(H,30,31)/t18-,20-,22-/m0/s1. The molecule has 2 aromatic heterocycles. The topological polar surface area (TPSA) is 99.3 Å². The summed E-state index contributed by atoms with van der Waals surface area (Å²) in [6.07, 6.45) is 5.19. The molecule has 9 heteroatoms. The monoisotopic (exact) mass is 481 g/mol. The van der Waals surface area contributed by atoms with Crippen LogP contribution in [0.3, 0.4) is 0 Å². The maximum atomic E-state index is 10.1. The van der Waals surface area contributed by atoms with Crippen LogP contribution in [0.5, 0.6) is 0 Å². The van der Waals surface area contributed by atoms with E-state index in [1.54, 1.807) is 7.11 Å². The number of methoxy groups -OCH3 is 1. The van der Waals surface area contributed by atoms with E-state index in [-0.39, 0.29) is 12.1 Å². The van der Waals surface area contributed by atoms with Crippen LogP contribution in [-0.4, -0.2) is 79.5 Å². The van der Waals surface area contributed by atoms with Gasteiger partial charge < -0.3 is 25.4 Å². The number of aromatic nitrogens is 2. The van der Waals surface area contributed by atoms with E-state index < -0.39 is 0 Å². The zero-order valence-electron chi connectivity index (χ0n) is 21.2. The number of piperazine rings is 1. The van der Waals surface area contributed by atoms with Gasteiger partial charge in [0.2, 0.25) is 5.96 Å². The van der Waals surface area contributed by atoms with Crippen molar-refractivity contribution in [2.75, 3.05) is 44.8 Å². The number of anilines is 1. The third kappa shape index (κ3) is 6.09. The maximum Gasteiger partial charge on any atom is 0.240 e. The lowest BCUT2D eigenvalue weighted by molar-refractivity contribution is 0.121.